The first kappa shape index (κ1) is 12.0. The molecule has 1 N–H and O–H groups in total. The average molecular weight is 250 g/mol. The zero-order valence-electron chi connectivity index (χ0n) is 9.77. The summed E-state index contributed by atoms with van der Waals surface area (Å²) >= 11 is 1.51. The van der Waals surface area contributed by atoms with Gasteiger partial charge >= 0.3 is 5.97 Å². The van der Waals surface area contributed by atoms with Crippen molar-refractivity contribution in [3.8, 4) is 0 Å². The number of imidazole rings is 1. The van der Waals surface area contributed by atoms with Crippen molar-refractivity contribution in [3.05, 3.63) is 30.1 Å². The second-order valence-corrected chi connectivity index (χ2v) is 5.01. The van der Waals surface area contributed by atoms with Gasteiger partial charge in [-0.1, -0.05) is 12.1 Å². The highest BCUT2D eigenvalue weighted by Gasteiger charge is 2.14. The molecule has 0 aliphatic heterocycles. The predicted molar refractivity (Wildman–Crippen MR) is 68.9 cm³/mol. The van der Waals surface area contributed by atoms with Crippen LogP contribution in [0.2, 0.25) is 0 Å². The van der Waals surface area contributed by atoms with Gasteiger partial charge in [-0.2, -0.15) is 0 Å². The van der Waals surface area contributed by atoms with Gasteiger partial charge in [-0.3, -0.25) is 4.79 Å². The lowest BCUT2D eigenvalue weighted by Crippen LogP contribution is -2.14. The molecule has 0 unspecified atom stereocenters. The number of ether oxygens (including phenoxy) is 1. The number of rotatable bonds is 4. The molecule has 0 bridgehead atoms. The Labute approximate surface area is 104 Å². The molecule has 2 aromatic rings. The largest absolute Gasteiger partial charge is 0.468 e. The second-order valence-electron chi connectivity index (χ2n) is 3.68. The lowest BCUT2D eigenvalue weighted by molar-refractivity contribution is -0.139. The standard InChI is InChI=1S/C12H14N2O2S/c1-8(12(15)16-2)17-7-11-13-9-5-3-4-6-10(9)14-11/h3-6,8H,7H2,1-2H3,(H,13,14)/t8-/m0/s1. The van der Waals surface area contributed by atoms with Gasteiger partial charge in [0.2, 0.25) is 0 Å². The molecule has 1 aromatic heterocycles. The summed E-state index contributed by atoms with van der Waals surface area (Å²) in [6.45, 7) is 1.83. The molecule has 0 fully saturated rings. The Kier molecular flexibility index (Phi) is 3.68. The summed E-state index contributed by atoms with van der Waals surface area (Å²) < 4.78 is 4.67. The van der Waals surface area contributed by atoms with Gasteiger partial charge in [-0.15, -0.1) is 11.8 Å². The molecule has 0 spiro atoms. The number of hydrogen-bond acceptors (Lipinski definition) is 4. The van der Waals surface area contributed by atoms with Crippen LogP contribution in [0.3, 0.4) is 0 Å². The maximum atomic E-state index is 11.2. The minimum atomic E-state index is -0.203. The van der Waals surface area contributed by atoms with E-state index in [4.69, 9.17) is 0 Å². The van der Waals surface area contributed by atoms with E-state index >= 15 is 0 Å². The third-order valence-electron chi connectivity index (χ3n) is 2.44. The fraction of sp³-hybridized carbons (Fsp3) is 0.333. The summed E-state index contributed by atoms with van der Waals surface area (Å²) in [4.78, 5) is 18.9. The summed E-state index contributed by atoms with van der Waals surface area (Å²) in [5, 5.41) is -0.173. The van der Waals surface area contributed by atoms with Crippen LogP contribution >= 0.6 is 11.8 Å². The van der Waals surface area contributed by atoms with Crippen LogP contribution in [0.5, 0.6) is 0 Å². The summed E-state index contributed by atoms with van der Waals surface area (Å²) in [6.07, 6.45) is 0. The fourth-order valence-electron chi connectivity index (χ4n) is 1.51. The summed E-state index contributed by atoms with van der Waals surface area (Å²) in [5.41, 5.74) is 1.97. The molecule has 0 aliphatic rings. The van der Waals surface area contributed by atoms with Crippen LogP contribution in [0.25, 0.3) is 11.0 Å². The number of fused-ring (bicyclic) bond motifs is 1. The Morgan fingerprint density at radius 2 is 2.29 bits per heavy atom. The Morgan fingerprint density at radius 3 is 3.00 bits per heavy atom. The highest BCUT2D eigenvalue weighted by molar-refractivity contribution is 7.99. The van der Waals surface area contributed by atoms with E-state index in [0.29, 0.717) is 5.75 Å². The topological polar surface area (TPSA) is 55.0 Å². The number of para-hydroxylation sites is 2. The Morgan fingerprint density at radius 1 is 1.53 bits per heavy atom. The number of methoxy groups -OCH3 is 1. The normalized spacial score (nSPS) is 12.6. The highest BCUT2D eigenvalue weighted by atomic mass is 32.2. The van der Waals surface area contributed by atoms with Gasteiger partial charge < -0.3 is 9.72 Å². The van der Waals surface area contributed by atoms with Crippen molar-refractivity contribution < 1.29 is 9.53 Å². The highest BCUT2D eigenvalue weighted by Crippen LogP contribution is 2.19. The van der Waals surface area contributed by atoms with Crippen LogP contribution < -0.4 is 0 Å². The van der Waals surface area contributed by atoms with E-state index in [-0.39, 0.29) is 11.2 Å². The molecule has 2 rings (SSSR count). The van der Waals surface area contributed by atoms with E-state index in [1.807, 2.05) is 31.2 Å². The smallest absolute Gasteiger partial charge is 0.318 e. The zero-order chi connectivity index (χ0) is 12.3. The van der Waals surface area contributed by atoms with Gasteiger partial charge in [0.25, 0.3) is 0 Å². The molecule has 1 atom stereocenters. The maximum Gasteiger partial charge on any atom is 0.318 e. The van der Waals surface area contributed by atoms with Gasteiger partial charge in [-0.05, 0) is 19.1 Å². The summed E-state index contributed by atoms with van der Waals surface area (Å²) in [5.74, 6) is 1.35. The number of benzene rings is 1. The van der Waals surface area contributed by atoms with E-state index in [9.17, 15) is 4.79 Å². The van der Waals surface area contributed by atoms with Crippen molar-refractivity contribution in [3.63, 3.8) is 0 Å². The van der Waals surface area contributed by atoms with Gasteiger partial charge in [0.05, 0.1) is 23.9 Å². The number of aromatic nitrogens is 2. The molecule has 90 valence electrons. The average Bonchev–Trinajstić information content (AvgIpc) is 2.77. The fourth-order valence-corrected chi connectivity index (χ4v) is 2.29. The van der Waals surface area contributed by atoms with Gasteiger partial charge in [-0.25, -0.2) is 4.98 Å². The minimum Gasteiger partial charge on any atom is -0.468 e. The first-order valence-corrected chi connectivity index (χ1v) is 6.38. The van der Waals surface area contributed by atoms with Crippen LogP contribution in [0.15, 0.2) is 24.3 Å². The number of esters is 1. The summed E-state index contributed by atoms with van der Waals surface area (Å²) in [6, 6.07) is 7.87. The van der Waals surface area contributed by atoms with Gasteiger partial charge in [0.1, 0.15) is 11.1 Å². The van der Waals surface area contributed by atoms with E-state index in [1.165, 1.54) is 18.9 Å². The number of hydrogen-bond donors (Lipinski definition) is 1. The van der Waals surface area contributed by atoms with Gasteiger partial charge in [0.15, 0.2) is 0 Å². The molecule has 0 saturated carbocycles. The SMILES string of the molecule is COC(=O)[C@H](C)SCc1nc2ccccc2[nH]1. The predicted octanol–water partition coefficient (Wildman–Crippen LogP) is 2.36. The number of nitrogens with one attached hydrogen (secondary N) is 1. The molecular weight excluding hydrogens is 236 g/mol. The lowest BCUT2D eigenvalue weighted by atomic mass is 10.3. The molecule has 1 aromatic carbocycles. The van der Waals surface area contributed by atoms with Crippen molar-refractivity contribution in [1.82, 2.24) is 9.97 Å². The molecule has 0 saturated heterocycles. The van der Waals surface area contributed by atoms with Crippen LogP contribution in [0, 0.1) is 0 Å². The van der Waals surface area contributed by atoms with Crippen molar-refractivity contribution in [1.29, 1.82) is 0 Å². The number of thioether (sulfide) groups is 1. The number of aromatic amines is 1. The molecule has 0 aliphatic carbocycles. The number of nitrogens with zero attached hydrogens (tertiary/aromatic N) is 1. The Balaban J connectivity index is 2.01. The molecule has 0 amide bonds. The maximum absolute atomic E-state index is 11.2. The van der Waals surface area contributed by atoms with Crippen LogP contribution in [-0.2, 0) is 15.3 Å². The molecule has 5 heteroatoms. The van der Waals surface area contributed by atoms with Crippen molar-refractivity contribution in [2.45, 2.75) is 17.9 Å². The number of carbonyl (C=O) groups excluding carboxylic acids is 1. The van der Waals surface area contributed by atoms with Crippen LogP contribution in [0.4, 0.5) is 0 Å². The van der Waals surface area contributed by atoms with Gasteiger partial charge in [0, 0.05) is 0 Å². The Hall–Kier alpha value is -1.49. The third-order valence-corrected chi connectivity index (χ3v) is 3.57. The van der Waals surface area contributed by atoms with Crippen molar-refractivity contribution in [2.75, 3.05) is 7.11 Å². The van der Waals surface area contributed by atoms with E-state index < -0.39 is 0 Å². The minimum absolute atomic E-state index is 0.173. The summed E-state index contributed by atoms with van der Waals surface area (Å²) in [7, 11) is 1.40. The zero-order valence-corrected chi connectivity index (χ0v) is 10.6. The quantitative estimate of drug-likeness (QED) is 0.846. The number of carbonyl (C=O) groups is 1. The first-order chi connectivity index (χ1) is 8.20. The van der Waals surface area contributed by atoms with Crippen molar-refractivity contribution in [2.24, 2.45) is 0 Å². The van der Waals surface area contributed by atoms with E-state index in [0.717, 1.165) is 16.9 Å². The first-order valence-electron chi connectivity index (χ1n) is 5.34. The second kappa shape index (κ2) is 5.23. The van der Waals surface area contributed by atoms with E-state index in [2.05, 4.69) is 14.7 Å². The molecule has 0 radical (unpaired) electrons. The Bertz CT molecular complexity index is 491. The molecule has 1 heterocycles. The van der Waals surface area contributed by atoms with Crippen molar-refractivity contribution >= 4 is 28.8 Å². The van der Waals surface area contributed by atoms with Crippen LogP contribution in [0.1, 0.15) is 12.7 Å². The molecule has 4 nitrogen and oxygen atoms in total. The lowest BCUT2D eigenvalue weighted by Gasteiger charge is -2.06. The monoisotopic (exact) mass is 250 g/mol. The third kappa shape index (κ3) is 2.79. The van der Waals surface area contributed by atoms with E-state index in [1.54, 1.807) is 0 Å². The molecule has 17 heavy (non-hydrogen) atoms. The molecular formula is C12H14N2O2S. The van der Waals surface area contributed by atoms with Crippen LogP contribution in [-0.4, -0.2) is 28.3 Å². The number of H-pyrrole nitrogens is 1.